The highest BCUT2D eigenvalue weighted by molar-refractivity contribution is 5.67. The van der Waals surface area contributed by atoms with Gasteiger partial charge in [-0.25, -0.2) is 4.79 Å². The summed E-state index contributed by atoms with van der Waals surface area (Å²) in [6.07, 6.45) is 3.67. The molecule has 0 saturated carbocycles. The molecular formula is C15H23N3O2. The number of hydrogen-bond acceptors (Lipinski definition) is 4. The number of aromatic nitrogens is 1. The number of likely N-dealkylation sites (tertiary alicyclic amines) is 1. The molecule has 2 heterocycles. The van der Waals surface area contributed by atoms with E-state index in [1.165, 1.54) is 5.56 Å². The van der Waals surface area contributed by atoms with Crippen LogP contribution in [0.25, 0.3) is 0 Å². The minimum absolute atomic E-state index is 0.186. The Balaban J connectivity index is 1.72. The average molecular weight is 277 g/mol. The molecule has 20 heavy (non-hydrogen) atoms. The molecule has 1 aliphatic rings. The van der Waals surface area contributed by atoms with E-state index in [9.17, 15) is 4.79 Å². The number of piperidine rings is 1. The molecule has 1 N–H and O–H groups in total. The van der Waals surface area contributed by atoms with Crippen molar-refractivity contribution in [3.63, 3.8) is 0 Å². The zero-order valence-corrected chi connectivity index (χ0v) is 12.3. The van der Waals surface area contributed by atoms with E-state index >= 15 is 0 Å². The van der Waals surface area contributed by atoms with Crippen LogP contribution in [0, 0.1) is 6.92 Å². The topological polar surface area (TPSA) is 54.5 Å². The Morgan fingerprint density at radius 2 is 2.20 bits per heavy atom. The molecular weight excluding hydrogens is 254 g/mol. The van der Waals surface area contributed by atoms with E-state index in [1.54, 1.807) is 4.90 Å². The van der Waals surface area contributed by atoms with Crippen LogP contribution in [0.5, 0.6) is 0 Å². The highest BCUT2D eigenvalue weighted by Gasteiger charge is 2.22. The number of hydrogen-bond donors (Lipinski definition) is 1. The van der Waals surface area contributed by atoms with Gasteiger partial charge in [0.15, 0.2) is 0 Å². The zero-order chi connectivity index (χ0) is 14.4. The molecule has 1 amide bonds. The molecule has 5 nitrogen and oxygen atoms in total. The molecule has 5 heteroatoms. The first kappa shape index (κ1) is 14.8. The first-order valence-electron chi connectivity index (χ1n) is 7.25. The van der Waals surface area contributed by atoms with Crippen LogP contribution in [0.4, 0.5) is 4.79 Å². The molecule has 0 aliphatic carbocycles. The van der Waals surface area contributed by atoms with Crippen molar-refractivity contribution in [1.29, 1.82) is 0 Å². The van der Waals surface area contributed by atoms with Crippen LogP contribution in [0.3, 0.4) is 0 Å². The summed E-state index contributed by atoms with van der Waals surface area (Å²) in [5.41, 5.74) is 2.24. The van der Waals surface area contributed by atoms with Crippen LogP contribution in [0.15, 0.2) is 18.3 Å². The third-order valence-corrected chi connectivity index (χ3v) is 3.59. The lowest BCUT2D eigenvalue weighted by molar-refractivity contribution is 0.0950. The Hall–Kier alpha value is -1.62. The maximum absolute atomic E-state index is 11.6. The van der Waals surface area contributed by atoms with Gasteiger partial charge in [0, 0.05) is 37.6 Å². The Bertz CT molecular complexity index is 425. The highest BCUT2D eigenvalue weighted by atomic mass is 16.6. The summed E-state index contributed by atoms with van der Waals surface area (Å²) >= 11 is 0. The summed E-state index contributed by atoms with van der Waals surface area (Å²) in [6, 6.07) is 4.59. The van der Waals surface area contributed by atoms with Crippen molar-refractivity contribution < 1.29 is 9.53 Å². The Morgan fingerprint density at radius 3 is 2.80 bits per heavy atom. The molecule has 1 fully saturated rings. The van der Waals surface area contributed by atoms with Gasteiger partial charge in [0.1, 0.15) is 0 Å². The van der Waals surface area contributed by atoms with Gasteiger partial charge in [-0.15, -0.1) is 0 Å². The van der Waals surface area contributed by atoms with Crippen molar-refractivity contribution in [2.45, 2.75) is 39.3 Å². The standard InChI is InChI=1S/C15H23N3O2/c1-3-20-15(19)18-8-6-14(7-9-18)17-11-13-5-4-12(2)16-10-13/h4-5,10,14,17H,3,6-9,11H2,1-2H3. The number of amides is 1. The maximum Gasteiger partial charge on any atom is 0.409 e. The van der Waals surface area contributed by atoms with Crippen LogP contribution in [-0.2, 0) is 11.3 Å². The fourth-order valence-electron chi connectivity index (χ4n) is 2.35. The second kappa shape index (κ2) is 7.24. The Labute approximate surface area is 120 Å². The van der Waals surface area contributed by atoms with Crippen molar-refractivity contribution in [3.05, 3.63) is 29.6 Å². The molecule has 0 unspecified atom stereocenters. The number of pyridine rings is 1. The molecule has 0 atom stereocenters. The van der Waals surface area contributed by atoms with Gasteiger partial charge in [0.25, 0.3) is 0 Å². The largest absolute Gasteiger partial charge is 0.450 e. The van der Waals surface area contributed by atoms with Gasteiger partial charge in [0.2, 0.25) is 0 Å². The van der Waals surface area contributed by atoms with Gasteiger partial charge in [-0.1, -0.05) is 6.07 Å². The molecule has 1 aliphatic heterocycles. The fraction of sp³-hybridized carbons (Fsp3) is 0.600. The number of ether oxygens (including phenoxy) is 1. The minimum Gasteiger partial charge on any atom is -0.450 e. The molecule has 0 bridgehead atoms. The normalized spacial score (nSPS) is 16.2. The number of nitrogens with one attached hydrogen (secondary N) is 1. The SMILES string of the molecule is CCOC(=O)N1CCC(NCc2ccc(C)nc2)CC1. The van der Waals surface area contributed by atoms with Crippen molar-refractivity contribution in [1.82, 2.24) is 15.2 Å². The molecule has 1 saturated heterocycles. The summed E-state index contributed by atoms with van der Waals surface area (Å²) in [5.74, 6) is 0. The predicted octanol–water partition coefficient (Wildman–Crippen LogP) is 2.10. The molecule has 0 aromatic carbocycles. The van der Waals surface area contributed by atoms with Crippen LogP contribution in [0.1, 0.15) is 31.0 Å². The van der Waals surface area contributed by atoms with Crippen molar-refractivity contribution in [3.8, 4) is 0 Å². The minimum atomic E-state index is -0.186. The monoisotopic (exact) mass is 277 g/mol. The first-order chi connectivity index (χ1) is 9.69. The van der Waals surface area contributed by atoms with Gasteiger partial charge in [-0.05, 0) is 38.3 Å². The van der Waals surface area contributed by atoms with Gasteiger partial charge in [0.05, 0.1) is 6.61 Å². The predicted molar refractivity (Wildman–Crippen MR) is 77.4 cm³/mol. The lowest BCUT2D eigenvalue weighted by Gasteiger charge is -2.31. The van der Waals surface area contributed by atoms with Crippen LogP contribution < -0.4 is 5.32 Å². The molecule has 0 spiro atoms. The average Bonchev–Trinajstić information content (AvgIpc) is 2.47. The Morgan fingerprint density at radius 1 is 1.45 bits per heavy atom. The van der Waals surface area contributed by atoms with E-state index in [0.717, 1.165) is 38.2 Å². The van der Waals surface area contributed by atoms with E-state index in [-0.39, 0.29) is 6.09 Å². The lowest BCUT2D eigenvalue weighted by atomic mass is 10.1. The first-order valence-corrected chi connectivity index (χ1v) is 7.25. The van der Waals surface area contributed by atoms with Gasteiger partial charge in [-0.3, -0.25) is 4.98 Å². The second-order valence-corrected chi connectivity index (χ2v) is 5.15. The van der Waals surface area contributed by atoms with Gasteiger partial charge in [-0.2, -0.15) is 0 Å². The number of carbonyl (C=O) groups excluding carboxylic acids is 1. The second-order valence-electron chi connectivity index (χ2n) is 5.15. The Kier molecular flexibility index (Phi) is 5.35. The summed E-state index contributed by atoms with van der Waals surface area (Å²) in [5, 5.41) is 3.53. The van der Waals surface area contributed by atoms with E-state index in [0.29, 0.717) is 12.6 Å². The van der Waals surface area contributed by atoms with Crippen LogP contribution in [-0.4, -0.2) is 41.7 Å². The maximum atomic E-state index is 11.6. The van der Waals surface area contributed by atoms with Crippen LogP contribution >= 0.6 is 0 Å². The quantitative estimate of drug-likeness (QED) is 0.915. The summed E-state index contributed by atoms with van der Waals surface area (Å²) in [6.45, 7) is 6.63. The molecule has 1 aromatic rings. The van der Waals surface area contributed by atoms with Crippen molar-refractivity contribution in [2.24, 2.45) is 0 Å². The van der Waals surface area contributed by atoms with Crippen molar-refractivity contribution in [2.75, 3.05) is 19.7 Å². The summed E-state index contributed by atoms with van der Waals surface area (Å²) < 4.78 is 5.02. The van der Waals surface area contributed by atoms with Gasteiger partial charge >= 0.3 is 6.09 Å². The smallest absolute Gasteiger partial charge is 0.409 e. The molecule has 1 aromatic heterocycles. The summed E-state index contributed by atoms with van der Waals surface area (Å²) in [7, 11) is 0. The van der Waals surface area contributed by atoms with Crippen LogP contribution in [0.2, 0.25) is 0 Å². The highest BCUT2D eigenvalue weighted by Crippen LogP contribution is 2.12. The number of aryl methyl sites for hydroxylation is 1. The third-order valence-electron chi connectivity index (χ3n) is 3.59. The molecule has 2 rings (SSSR count). The summed E-state index contributed by atoms with van der Waals surface area (Å²) in [4.78, 5) is 17.7. The lowest BCUT2D eigenvalue weighted by Crippen LogP contribution is -2.44. The molecule has 110 valence electrons. The van der Waals surface area contributed by atoms with E-state index < -0.39 is 0 Å². The van der Waals surface area contributed by atoms with E-state index in [4.69, 9.17) is 4.74 Å². The third kappa shape index (κ3) is 4.20. The van der Waals surface area contributed by atoms with Crippen molar-refractivity contribution >= 4 is 6.09 Å². The van der Waals surface area contributed by atoms with E-state index in [1.807, 2.05) is 26.1 Å². The number of nitrogens with zero attached hydrogens (tertiary/aromatic N) is 2. The number of carbonyl (C=O) groups is 1. The molecule has 0 radical (unpaired) electrons. The number of rotatable bonds is 4. The van der Waals surface area contributed by atoms with Gasteiger partial charge < -0.3 is 15.0 Å². The fourth-order valence-corrected chi connectivity index (χ4v) is 2.35. The van der Waals surface area contributed by atoms with E-state index in [2.05, 4.69) is 16.4 Å². The zero-order valence-electron chi connectivity index (χ0n) is 12.3.